The molecule has 2 aliphatic heterocycles. The largest absolute Gasteiger partial charge is 0.463 e. The minimum Gasteiger partial charge on any atom is -0.463 e. The minimum absolute atomic E-state index is 0.0841. The Bertz CT molecular complexity index is 1270. The number of nitrogens with one attached hydrogen (secondary N) is 3. The van der Waals surface area contributed by atoms with Gasteiger partial charge in [0, 0.05) is 18.8 Å². The fourth-order valence-electron chi connectivity index (χ4n) is 4.07. The van der Waals surface area contributed by atoms with Crippen molar-refractivity contribution in [1.29, 1.82) is 0 Å². The fourth-order valence-corrected chi connectivity index (χ4v) is 5.30. The number of carbonyl (C=O) groups is 1. The highest BCUT2D eigenvalue weighted by molar-refractivity contribution is 7.89. The molecule has 2 aromatic heterocycles. The first-order chi connectivity index (χ1) is 16.4. The van der Waals surface area contributed by atoms with Gasteiger partial charge in [0.2, 0.25) is 21.9 Å². The van der Waals surface area contributed by atoms with Crippen molar-refractivity contribution in [1.82, 2.24) is 14.7 Å². The maximum Gasteiger partial charge on any atom is 0.240 e. The van der Waals surface area contributed by atoms with Crippen LogP contribution in [0.25, 0.3) is 11.5 Å². The molecule has 2 saturated heterocycles. The van der Waals surface area contributed by atoms with Gasteiger partial charge in [0.05, 0.1) is 36.5 Å². The third-order valence-electron chi connectivity index (χ3n) is 5.59. The lowest BCUT2D eigenvalue weighted by molar-refractivity contribution is -0.114. The SMILES string of the molecule is CC(=O)Nc1ccc(S(=O)(=O)N[C@H]2CO[C@H]3[C@@H]2OC[C@@H]3Nc2nccc(-c3ccco3)n2)cc1. The Kier molecular flexibility index (Phi) is 6.04. The van der Waals surface area contributed by atoms with Gasteiger partial charge < -0.3 is 24.5 Å². The number of nitrogens with zero attached hydrogens (tertiary/aromatic N) is 2. The fraction of sp³-hybridized carbons (Fsp3) is 0.318. The number of ether oxygens (including phenoxy) is 2. The van der Waals surface area contributed by atoms with Crippen molar-refractivity contribution in [2.24, 2.45) is 0 Å². The molecule has 4 atom stereocenters. The molecule has 34 heavy (non-hydrogen) atoms. The summed E-state index contributed by atoms with van der Waals surface area (Å²) < 4.78 is 45.6. The van der Waals surface area contributed by atoms with Crippen molar-refractivity contribution in [3.8, 4) is 11.5 Å². The molecule has 3 aromatic rings. The number of furan rings is 1. The van der Waals surface area contributed by atoms with Crippen LogP contribution in [0.15, 0.2) is 64.2 Å². The number of rotatable bonds is 7. The summed E-state index contributed by atoms with van der Waals surface area (Å²) in [6.45, 7) is 1.87. The minimum atomic E-state index is -3.81. The zero-order valence-electron chi connectivity index (χ0n) is 18.2. The Balaban J connectivity index is 1.23. The molecule has 4 heterocycles. The van der Waals surface area contributed by atoms with Crippen molar-refractivity contribution >= 4 is 27.6 Å². The topological polar surface area (TPSA) is 145 Å². The van der Waals surface area contributed by atoms with Crippen LogP contribution in [0.1, 0.15) is 6.92 Å². The first-order valence-corrected chi connectivity index (χ1v) is 12.1. The first-order valence-electron chi connectivity index (χ1n) is 10.7. The predicted octanol–water partition coefficient (Wildman–Crippen LogP) is 1.62. The molecular weight excluding hydrogens is 462 g/mol. The molecule has 1 amide bonds. The van der Waals surface area contributed by atoms with E-state index in [4.69, 9.17) is 13.9 Å². The number of amides is 1. The monoisotopic (exact) mass is 485 g/mol. The summed E-state index contributed by atoms with van der Waals surface area (Å²) in [5.74, 6) is 0.792. The molecule has 11 nitrogen and oxygen atoms in total. The summed E-state index contributed by atoms with van der Waals surface area (Å²) in [5, 5.41) is 5.83. The molecule has 2 aliphatic rings. The molecule has 12 heteroatoms. The number of aromatic nitrogens is 2. The van der Waals surface area contributed by atoms with Gasteiger partial charge in [-0.3, -0.25) is 4.79 Å². The Hall–Kier alpha value is -3.32. The first kappa shape index (κ1) is 22.5. The molecule has 3 N–H and O–H groups in total. The van der Waals surface area contributed by atoms with Crippen LogP contribution in [0.5, 0.6) is 0 Å². The van der Waals surface area contributed by atoms with Crippen LogP contribution in [-0.2, 0) is 24.3 Å². The molecule has 0 spiro atoms. The number of hydrogen-bond acceptors (Lipinski definition) is 9. The standard InChI is InChI=1S/C22H23N5O6S/c1-13(28)24-14-4-6-15(7-5-14)34(29,30)27-18-12-33-20-17(11-32-21(18)20)26-22-23-9-8-16(25-22)19-3-2-10-31-19/h2-10,17-18,20-21,27H,11-12H2,1H3,(H,24,28)(H,23,25,26)/t17-,18-,20+,21+/m0/s1. The highest BCUT2D eigenvalue weighted by Crippen LogP contribution is 2.30. The third-order valence-corrected chi connectivity index (χ3v) is 7.09. The van der Waals surface area contributed by atoms with Crippen LogP contribution >= 0.6 is 0 Å². The van der Waals surface area contributed by atoms with E-state index in [2.05, 4.69) is 25.3 Å². The van der Waals surface area contributed by atoms with E-state index < -0.39 is 22.2 Å². The number of carbonyl (C=O) groups excluding carboxylic acids is 1. The van der Waals surface area contributed by atoms with E-state index in [1.165, 1.54) is 31.2 Å². The van der Waals surface area contributed by atoms with E-state index in [9.17, 15) is 13.2 Å². The highest BCUT2D eigenvalue weighted by Gasteiger charge is 2.49. The molecule has 0 aliphatic carbocycles. The summed E-state index contributed by atoms with van der Waals surface area (Å²) in [6, 6.07) is 10.5. The lowest BCUT2D eigenvalue weighted by Crippen LogP contribution is -2.44. The van der Waals surface area contributed by atoms with E-state index in [0.29, 0.717) is 29.7 Å². The number of hydrogen-bond donors (Lipinski definition) is 3. The zero-order chi connectivity index (χ0) is 23.7. The van der Waals surface area contributed by atoms with Gasteiger partial charge >= 0.3 is 0 Å². The van der Waals surface area contributed by atoms with E-state index in [1.54, 1.807) is 24.6 Å². The smallest absolute Gasteiger partial charge is 0.240 e. The normalized spacial score (nSPS) is 24.0. The van der Waals surface area contributed by atoms with Crippen LogP contribution < -0.4 is 15.4 Å². The van der Waals surface area contributed by atoms with Crippen molar-refractivity contribution in [3.63, 3.8) is 0 Å². The molecule has 2 fully saturated rings. The lowest BCUT2D eigenvalue weighted by atomic mass is 10.1. The van der Waals surface area contributed by atoms with Crippen molar-refractivity contribution in [2.45, 2.75) is 36.1 Å². The number of fused-ring (bicyclic) bond motifs is 1. The summed E-state index contributed by atoms with van der Waals surface area (Å²) >= 11 is 0. The summed E-state index contributed by atoms with van der Waals surface area (Å²) in [6.07, 6.45) is 2.37. The maximum atomic E-state index is 12.9. The van der Waals surface area contributed by atoms with Gasteiger partial charge in [-0.25, -0.2) is 23.1 Å². The van der Waals surface area contributed by atoms with Crippen molar-refractivity contribution in [2.75, 3.05) is 23.8 Å². The molecule has 1 aromatic carbocycles. The number of sulfonamides is 1. The summed E-state index contributed by atoms with van der Waals surface area (Å²) in [5.41, 5.74) is 1.16. The van der Waals surface area contributed by atoms with Crippen LogP contribution in [-0.4, -0.2) is 61.8 Å². The van der Waals surface area contributed by atoms with Gasteiger partial charge in [0.1, 0.15) is 17.9 Å². The van der Waals surface area contributed by atoms with Gasteiger partial charge in [-0.1, -0.05) is 0 Å². The van der Waals surface area contributed by atoms with Crippen molar-refractivity contribution < 1.29 is 27.1 Å². The Labute approximate surface area is 195 Å². The van der Waals surface area contributed by atoms with E-state index in [0.717, 1.165) is 0 Å². The van der Waals surface area contributed by atoms with Gasteiger partial charge in [0.15, 0.2) is 5.76 Å². The molecular formula is C22H23N5O6S. The molecule has 5 rings (SSSR count). The molecule has 0 saturated carbocycles. The van der Waals surface area contributed by atoms with Gasteiger partial charge in [-0.05, 0) is 42.5 Å². The van der Waals surface area contributed by atoms with E-state index in [1.807, 2.05) is 6.07 Å². The van der Waals surface area contributed by atoms with Crippen LogP contribution in [0.3, 0.4) is 0 Å². The second kappa shape index (κ2) is 9.14. The van der Waals surface area contributed by atoms with Crippen molar-refractivity contribution in [3.05, 3.63) is 54.9 Å². The Morgan fingerprint density at radius 3 is 2.47 bits per heavy atom. The molecule has 178 valence electrons. The highest BCUT2D eigenvalue weighted by atomic mass is 32.2. The molecule has 0 unspecified atom stereocenters. The van der Waals surface area contributed by atoms with E-state index in [-0.39, 0.29) is 29.6 Å². The van der Waals surface area contributed by atoms with Gasteiger partial charge in [0.25, 0.3) is 0 Å². The number of anilines is 2. The van der Waals surface area contributed by atoms with Crippen LogP contribution in [0.4, 0.5) is 11.6 Å². The second-order valence-electron chi connectivity index (χ2n) is 8.02. The van der Waals surface area contributed by atoms with Gasteiger partial charge in [-0.15, -0.1) is 0 Å². The maximum absolute atomic E-state index is 12.9. The Morgan fingerprint density at radius 2 is 1.76 bits per heavy atom. The summed E-state index contributed by atoms with van der Waals surface area (Å²) in [7, 11) is -3.81. The van der Waals surface area contributed by atoms with Crippen LogP contribution in [0.2, 0.25) is 0 Å². The third kappa shape index (κ3) is 4.66. The van der Waals surface area contributed by atoms with E-state index >= 15 is 0 Å². The Morgan fingerprint density at radius 1 is 1.03 bits per heavy atom. The molecule has 0 radical (unpaired) electrons. The lowest BCUT2D eigenvalue weighted by Gasteiger charge is -2.18. The predicted molar refractivity (Wildman–Crippen MR) is 121 cm³/mol. The second-order valence-corrected chi connectivity index (χ2v) is 9.74. The number of benzene rings is 1. The quantitative estimate of drug-likeness (QED) is 0.454. The van der Waals surface area contributed by atoms with Crippen LogP contribution in [0, 0.1) is 0 Å². The molecule has 0 bridgehead atoms. The average molecular weight is 486 g/mol. The average Bonchev–Trinajstić information content (AvgIpc) is 3.55. The van der Waals surface area contributed by atoms with Gasteiger partial charge in [-0.2, -0.15) is 0 Å². The summed E-state index contributed by atoms with van der Waals surface area (Å²) in [4.78, 5) is 20.0. The zero-order valence-corrected chi connectivity index (χ0v) is 19.0.